The Labute approximate surface area is 111 Å². The fourth-order valence-corrected chi connectivity index (χ4v) is 2.71. The first-order chi connectivity index (χ1) is 8.24. The van der Waals surface area contributed by atoms with Crippen LogP contribution in [0.25, 0.3) is 0 Å². The van der Waals surface area contributed by atoms with E-state index >= 15 is 0 Å². The van der Waals surface area contributed by atoms with Gasteiger partial charge in [0.25, 0.3) is 0 Å². The molecule has 1 heterocycles. The Morgan fingerprint density at radius 3 is 2.47 bits per heavy atom. The normalized spacial score (nSPS) is 18.9. The Bertz CT molecular complexity index is 342. The predicted molar refractivity (Wildman–Crippen MR) is 73.0 cm³/mol. The molecule has 0 aliphatic carbocycles. The number of hydrogen-bond donors (Lipinski definition) is 0. The van der Waals surface area contributed by atoms with Crippen molar-refractivity contribution >= 4 is 15.9 Å². The van der Waals surface area contributed by atoms with E-state index in [1.165, 1.54) is 5.56 Å². The van der Waals surface area contributed by atoms with E-state index in [2.05, 4.69) is 35.0 Å². The molecule has 2 rings (SSSR count). The fraction of sp³-hybridized carbons (Fsp3) is 0.571. The molecule has 1 aliphatic heterocycles. The topological polar surface area (TPSA) is 18.5 Å². The van der Waals surface area contributed by atoms with Gasteiger partial charge in [0.15, 0.2) is 0 Å². The van der Waals surface area contributed by atoms with Crippen molar-refractivity contribution in [3.8, 4) is 5.75 Å². The second-order valence-electron chi connectivity index (χ2n) is 4.85. The zero-order valence-electron chi connectivity index (χ0n) is 10.2. The molecule has 1 saturated heterocycles. The molecule has 0 bridgehead atoms. The van der Waals surface area contributed by atoms with Crippen LogP contribution in [0.1, 0.15) is 18.4 Å². The van der Waals surface area contributed by atoms with Crippen molar-refractivity contribution in [2.45, 2.75) is 19.8 Å². The van der Waals surface area contributed by atoms with E-state index in [1.807, 2.05) is 12.1 Å². The third-order valence-corrected chi connectivity index (χ3v) is 4.59. The van der Waals surface area contributed by atoms with Crippen LogP contribution in [0.2, 0.25) is 0 Å². The van der Waals surface area contributed by atoms with E-state index < -0.39 is 0 Å². The Hall–Kier alpha value is -0.540. The van der Waals surface area contributed by atoms with Crippen LogP contribution in [0.5, 0.6) is 5.75 Å². The van der Waals surface area contributed by atoms with Gasteiger partial charge in [0, 0.05) is 24.0 Å². The summed E-state index contributed by atoms with van der Waals surface area (Å²) in [5, 5.41) is 0.981. The van der Waals surface area contributed by atoms with Crippen molar-refractivity contribution in [1.29, 1.82) is 0 Å². The Balaban J connectivity index is 1.93. The van der Waals surface area contributed by atoms with Crippen LogP contribution in [-0.4, -0.2) is 25.2 Å². The van der Waals surface area contributed by atoms with Crippen LogP contribution < -0.4 is 4.74 Å². The maximum atomic E-state index is 5.91. The average Bonchev–Trinajstić information content (AvgIpc) is 2.39. The van der Waals surface area contributed by atoms with E-state index in [0.717, 1.165) is 43.7 Å². The Kier molecular flexibility index (Phi) is 4.46. The van der Waals surface area contributed by atoms with Crippen LogP contribution in [0.3, 0.4) is 0 Å². The van der Waals surface area contributed by atoms with Crippen molar-refractivity contribution in [2.75, 3.05) is 25.2 Å². The van der Waals surface area contributed by atoms with Gasteiger partial charge in [0.05, 0.1) is 6.61 Å². The average molecular weight is 299 g/mol. The monoisotopic (exact) mass is 298 g/mol. The standard InChI is InChI=1S/C14H19BrO2/c1-12-2-4-13(5-3-12)17-11-14(10-15)6-8-16-9-7-14/h2-5H,6-11H2,1H3. The fourth-order valence-electron chi connectivity index (χ4n) is 1.99. The number of aryl methyl sites for hydroxylation is 1. The summed E-state index contributed by atoms with van der Waals surface area (Å²) < 4.78 is 11.3. The lowest BCUT2D eigenvalue weighted by molar-refractivity contribution is 0.00355. The van der Waals surface area contributed by atoms with Crippen LogP contribution in [0.15, 0.2) is 24.3 Å². The maximum absolute atomic E-state index is 5.91. The summed E-state index contributed by atoms with van der Waals surface area (Å²) in [4.78, 5) is 0. The smallest absolute Gasteiger partial charge is 0.119 e. The lowest BCUT2D eigenvalue weighted by atomic mass is 9.83. The summed E-state index contributed by atoms with van der Waals surface area (Å²) in [6.07, 6.45) is 2.15. The third kappa shape index (κ3) is 3.46. The summed E-state index contributed by atoms with van der Waals surface area (Å²) in [5.74, 6) is 0.961. The summed E-state index contributed by atoms with van der Waals surface area (Å²) in [6.45, 7) is 4.55. The number of alkyl halides is 1. The molecule has 17 heavy (non-hydrogen) atoms. The number of benzene rings is 1. The highest BCUT2D eigenvalue weighted by Crippen LogP contribution is 2.33. The highest BCUT2D eigenvalue weighted by Gasteiger charge is 2.32. The molecule has 0 spiro atoms. The largest absolute Gasteiger partial charge is 0.493 e. The first-order valence-corrected chi connectivity index (χ1v) is 7.19. The van der Waals surface area contributed by atoms with E-state index in [-0.39, 0.29) is 5.41 Å². The van der Waals surface area contributed by atoms with E-state index in [0.29, 0.717) is 0 Å². The minimum absolute atomic E-state index is 0.239. The zero-order valence-corrected chi connectivity index (χ0v) is 11.8. The molecule has 1 aromatic carbocycles. The molecule has 94 valence electrons. The molecule has 0 radical (unpaired) electrons. The Morgan fingerprint density at radius 1 is 1.24 bits per heavy atom. The van der Waals surface area contributed by atoms with Gasteiger partial charge < -0.3 is 9.47 Å². The molecular weight excluding hydrogens is 280 g/mol. The van der Waals surface area contributed by atoms with Crippen LogP contribution >= 0.6 is 15.9 Å². The quantitative estimate of drug-likeness (QED) is 0.791. The van der Waals surface area contributed by atoms with Gasteiger partial charge in [-0.3, -0.25) is 0 Å². The molecule has 1 aromatic rings. The van der Waals surface area contributed by atoms with Gasteiger partial charge in [-0.15, -0.1) is 0 Å². The molecule has 0 unspecified atom stereocenters. The predicted octanol–water partition coefficient (Wildman–Crippen LogP) is 3.57. The lowest BCUT2D eigenvalue weighted by Gasteiger charge is -2.35. The molecule has 3 heteroatoms. The van der Waals surface area contributed by atoms with Gasteiger partial charge in [-0.05, 0) is 31.9 Å². The summed E-state index contributed by atoms with van der Waals surface area (Å²) >= 11 is 3.62. The van der Waals surface area contributed by atoms with Gasteiger partial charge in [0.2, 0.25) is 0 Å². The number of ether oxygens (including phenoxy) is 2. The first kappa shape index (κ1) is 12.9. The van der Waals surface area contributed by atoms with E-state index in [9.17, 15) is 0 Å². The van der Waals surface area contributed by atoms with Crippen molar-refractivity contribution in [3.63, 3.8) is 0 Å². The van der Waals surface area contributed by atoms with E-state index in [4.69, 9.17) is 9.47 Å². The van der Waals surface area contributed by atoms with Gasteiger partial charge >= 0.3 is 0 Å². The second-order valence-corrected chi connectivity index (χ2v) is 5.41. The van der Waals surface area contributed by atoms with Crippen molar-refractivity contribution in [2.24, 2.45) is 5.41 Å². The van der Waals surface area contributed by atoms with Crippen molar-refractivity contribution < 1.29 is 9.47 Å². The minimum Gasteiger partial charge on any atom is -0.493 e. The molecule has 1 fully saturated rings. The maximum Gasteiger partial charge on any atom is 0.119 e. The lowest BCUT2D eigenvalue weighted by Crippen LogP contribution is -2.36. The number of hydrogen-bond acceptors (Lipinski definition) is 2. The molecule has 2 nitrogen and oxygen atoms in total. The van der Waals surface area contributed by atoms with Crippen LogP contribution in [0.4, 0.5) is 0 Å². The van der Waals surface area contributed by atoms with E-state index in [1.54, 1.807) is 0 Å². The molecular formula is C14H19BrO2. The SMILES string of the molecule is Cc1ccc(OCC2(CBr)CCOCC2)cc1. The van der Waals surface area contributed by atoms with Crippen LogP contribution in [0, 0.1) is 12.3 Å². The zero-order chi connectivity index (χ0) is 12.1. The van der Waals surface area contributed by atoms with Crippen molar-refractivity contribution in [3.05, 3.63) is 29.8 Å². The van der Waals surface area contributed by atoms with Crippen molar-refractivity contribution in [1.82, 2.24) is 0 Å². The second kappa shape index (κ2) is 5.87. The highest BCUT2D eigenvalue weighted by atomic mass is 79.9. The van der Waals surface area contributed by atoms with Gasteiger partial charge in [-0.1, -0.05) is 33.6 Å². The van der Waals surface area contributed by atoms with Gasteiger partial charge in [0.1, 0.15) is 5.75 Å². The molecule has 0 N–H and O–H groups in total. The van der Waals surface area contributed by atoms with Gasteiger partial charge in [-0.2, -0.15) is 0 Å². The molecule has 0 amide bonds. The van der Waals surface area contributed by atoms with Crippen LogP contribution in [-0.2, 0) is 4.74 Å². The number of halogens is 1. The molecule has 0 atom stereocenters. The summed E-state index contributed by atoms with van der Waals surface area (Å²) in [5.41, 5.74) is 1.50. The number of rotatable bonds is 4. The molecule has 1 aliphatic rings. The summed E-state index contributed by atoms with van der Waals surface area (Å²) in [7, 11) is 0. The third-order valence-electron chi connectivity index (χ3n) is 3.40. The highest BCUT2D eigenvalue weighted by molar-refractivity contribution is 9.09. The minimum atomic E-state index is 0.239. The summed E-state index contributed by atoms with van der Waals surface area (Å²) in [6, 6.07) is 8.24. The molecule has 0 aromatic heterocycles. The van der Waals surface area contributed by atoms with Gasteiger partial charge in [-0.25, -0.2) is 0 Å². The first-order valence-electron chi connectivity index (χ1n) is 6.07. The molecule has 0 saturated carbocycles. The Morgan fingerprint density at radius 2 is 1.88 bits per heavy atom.